The molecule has 2 aromatic rings. The summed E-state index contributed by atoms with van der Waals surface area (Å²) in [6.45, 7) is 2.23. The van der Waals surface area contributed by atoms with Crippen LogP contribution in [0.3, 0.4) is 0 Å². The Morgan fingerprint density at radius 1 is 1.14 bits per heavy atom. The van der Waals surface area contributed by atoms with Gasteiger partial charge in [-0.05, 0) is 36.6 Å². The van der Waals surface area contributed by atoms with E-state index in [0.717, 1.165) is 11.1 Å². The summed E-state index contributed by atoms with van der Waals surface area (Å²) in [5.74, 6) is -0.978. The Morgan fingerprint density at radius 3 is 2.57 bits per heavy atom. The second kappa shape index (κ2) is 8.87. The van der Waals surface area contributed by atoms with Crippen LogP contribution in [0.1, 0.15) is 24.0 Å². The fraction of sp³-hybridized carbons (Fsp3) is 0.364. The molecule has 0 bridgehead atoms. The Morgan fingerprint density at radius 2 is 1.86 bits per heavy atom. The average molecular weight is 385 g/mol. The van der Waals surface area contributed by atoms with Crippen LogP contribution in [0.15, 0.2) is 48.5 Å². The molecule has 1 saturated heterocycles. The van der Waals surface area contributed by atoms with Gasteiger partial charge in [0.15, 0.2) is 11.6 Å². The monoisotopic (exact) mass is 385 g/mol. The highest BCUT2D eigenvalue weighted by molar-refractivity contribution is 5.85. The van der Waals surface area contributed by atoms with Crippen molar-refractivity contribution in [3.63, 3.8) is 0 Å². The second-order valence-corrected chi connectivity index (χ2v) is 6.92. The minimum atomic E-state index is -0.717. The molecule has 0 N–H and O–H groups in total. The number of carbonyl (C=O) groups is 2. The van der Waals surface area contributed by atoms with Gasteiger partial charge in [-0.25, -0.2) is 9.18 Å². The van der Waals surface area contributed by atoms with Crippen molar-refractivity contribution in [2.24, 2.45) is 0 Å². The molecule has 1 heterocycles. The fourth-order valence-electron chi connectivity index (χ4n) is 3.51. The van der Waals surface area contributed by atoms with E-state index in [1.54, 1.807) is 12.1 Å². The first-order chi connectivity index (χ1) is 13.5. The summed E-state index contributed by atoms with van der Waals surface area (Å²) in [5, 5.41) is 0. The maximum Gasteiger partial charge on any atom is 0.328 e. The van der Waals surface area contributed by atoms with Gasteiger partial charge in [0.25, 0.3) is 0 Å². The molecule has 2 atom stereocenters. The molecule has 2 unspecified atom stereocenters. The molecule has 1 fully saturated rings. The number of carbonyl (C=O) groups excluding carboxylic acids is 2. The minimum Gasteiger partial charge on any atom is -0.485 e. The minimum absolute atomic E-state index is 0.116. The summed E-state index contributed by atoms with van der Waals surface area (Å²) in [4.78, 5) is 26.5. The van der Waals surface area contributed by atoms with E-state index in [0.29, 0.717) is 6.42 Å². The Bertz CT molecular complexity index is 854. The van der Waals surface area contributed by atoms with Crippen molar-refractivity contribution < 1.29 is 23.5 Å². The smallest absolute Gasteiger partial charge is 0.328 e. The molecular weight excluding hydrogens is 361 g/mol. The van der Waals surface area contributed by atoms with Crippen molar-refractivity contribution in [1.29, 1.82) is 0 Å². The molecule has 6 heteroatoms. The summed E-state index contributed by atoms with van der Waals surface area (Å²) in [7, 11) is 1.30. The average Bonchev–Trinajstić information content (AvgIpc) is 3.12. The Kier molecular flexibility index (Phi) is 6.29. The molecule has 1 amide bonds. The zero-order valence-corrected chi connectivity index (χ0v) is 16.1. The number of likely N-dealkylation sites (tertiary alicyclic amines) is 1. The van der Waals surface area contributed by atoms with Crippen molar-refractivity contribution in [2.75, 3.05) is 13.7 Å². The molecule has 0 spiro atoms. The predicted octanol–water partition coefficient (Wildman–Crippen LogP) is 3.29. The van der Waals surface area contributed by atoms with E-state index in [2.05, 4.69) is 0 Å². The number of hydrogen-bond donors (Lipinski definition) is 0. The molecule has 1 aliphatic rings. The van der Waals surface area contributed by atoms with Gasteiger partial charge < -0.3 is 14.4 Å². The molecule has 0 aromatic heterocycles. The van der Waals surface area contributed by atoms with Gasteiger partial charge >= 0.3 is 5.97 Å². The van der Waals surface area contributed by atoms with E-state index in [9.17, 15) is 14.0 Å². The third kappa shape index (κ3) is 4.50. The van der Waals surface area contributed by atoms with Crippen molar-refractivity contribution in [2.45, 2.75) is 38.3 Å². The predicted molar refractivity (Wildman–Crippen MR) is 102 cm³/mol. The summed E-state index contributed by atoms with van der Waals surface area (Å²) in [5.41, 5.74) is 2.23. The lowest BCUT2D eigenvalue weighted by Gasteiger charge is -2.22. The van der Waals surface area contributed by atoms with Crippen molar-refractivity contribution in [3.8, 4) is 5.75 Å². The molecule has 3 rings (SSSR count). The number of esters is 1. The maximum atomic E-state index is 13.9. The molecule has 1 aliphatic heterocycles. The second-order valence-electron chi connectivity index (χ2n) is 6.92. The van der Waals surface area contributed by atoms with Gasteiger partial charge in [0, 0.05) is 12.8 Å². The van der Waals surface area contributed by atoms with E-state index in [-0.39, 0.29) is 31.0 Å². The number of hydrogen-bond acceptors (Lipinski definition) is 4. The van der Waals surface area contributed by atoms with E-state index >= 15 is 0 Å². The molecule has 2 aromatic carbocycles. The van der Waals surface area contributed by atoms with Crippen LogP contribution >= 0.6 is 0 Å². The highest BCUT2D eigenvalue weighted by atomic mass is 19.1. The lowest BCUT2D eigenvalue weighted by atomic mass is 10.0. The molecule has 5 nitrogen and oxygen atoms in total. The molecule has 0 aliphatic carbocycles. The summed E-state index contributed by atoms with van der Waals surface area (Å²) in [6.07, 6.45) is 0.680. The quantitative estimate of drug-likeness (QED) is 0.716. The highest BCUT2D eigenvalue weighted by Gasteiger charge is 2.41. The standard InChI is InChI=1S/C22H24FNO4/c1-15-7-3-4-8-16(15)11-12-21(25)24-14-17(13-19(24)22(26)27-2)28-20-10-6-5-9-18(20)23/h3-10,17,19H,11-14H2,1-2H3. The highest BCUT2D eigenvalue weighted by Crippen LogP contribution is 2.26. The Hall–Kier alpha value is -2.89. The third-order valence-electron chi connectivity index (χ3n) is 5.06. The number of halogens is 1. The van der Waals surface area contributed by atoms with Crippen molar-refractivity contribution in [1.82, 2.24) is 4.90 Å². The van der Waals surface area contributed by atoms with Crippen LogP contribution in [0.2, 0.25) is 0 Å². The first kappa shape index (κ1) is 19.9. The Balaban J connectivity index is 1.68. The lowest BCUT2D eigenvalue weighted by Crippen LogP contribution is -2.41. The first-order valence-corrected chi connectivity index (χ1v) is 9.32. The van der Waals surface area contributed by atoms with Gasteiger partial charge in [0.1, 0.15) is 12.1 Å². The topological polar surface area (TPSA) is 55.8 Å². The van der Waals surface area contributed by atoms with Gasteiger partial charge in [-0.1, -0.05) is 36.4 Å². The summed E-state index contributed by atoms with van der Waals surface area (Å²) < 4.78 is 24.4. The van der Waals surface area contributed by atoms with E-state index < -0.39 is 23.9 Å². The number of aryl methyl sites for hydroxylation is 2. The lowest BCUT2D eigenvalue weighted by molar-refractivity contribution is -0.150. The number of amides is 1. The van der Waals surface area contributed by atoms with Crippen LogP contribution in [0.5, 0.6) is 5.75 Å². The third-order valence-corrected chi connectivity index (χ3v) is 5.06. The molecule has 148 valence electrons. The molecular formula is C22H24FNO4. The number of methoxy groups -OCH3 is 1. The summed E-state index contributed by atoms with van der Waals surface area (Å²) in [6, 6.07) is 13.3. The van der Waals surface area contributed by atoms with Crippen molar-refractivity contribution in [3.05, 3.63) is 65.5 Å². The number of rotatable bonds is 6. The van der Waals surface area contributed by atoms with Gasteiger partial charge in [-0.3, -0.25) is 4.79 Å². The van der Waals surface area contributed by atoms with Gasteiger partial charge in [-0.15, -0.1) is 0 Å². The van der Waals surface area contributed by atoms with Crippen LogP contribution in [-0.2, 0) is 20.7 Å². The first-order valence-electron chi connectivity index (χ1n) is 9.32. The fourth-order valence-corrected chi connectivity index (χ4v) is 3.51. The van der Waals surface area contributed by atoms with Crippen LogP contribution < -0.4 is 4.74 Å². The number of ether oxygens (including phenoxy) is 2. The zero-order chi connectivity index (χ0) is 20.1. The Labute approximate surface area is 164 Å². The van der Waals surface area contributed by atoms with E-state index in [1.165, 1.54) is 24.1 Å². The van der Waals surface area contributed by atoms with Gasteiger partial charge in [-0.2, -0.15) is 0 Å². The molecule has 0 radical (unpaired) electrons. The van der Waals surface area contributed by atoms with Crippen LogP contribution in [0.4, 0.5) is 4.39 Å². The van der Waals surface area contributed by atoms with Gasteiger partial charge in [0.05, 0.1) is 13.7 Å². The van der Waals surface area contributed by atoms with Gasteiger partial charge in [0.2, 0.25) is 5.91 Å². The largest absolute Gasteiger partial charge is 0.485 e. The number of para-hydroxylation sites is 1. The van der Waals surface area contributed by atoms with Crippen LogP contribution in [-0.4, -0.2) is 42.6 Å². The van der Waals surface area contributed by atoms with E-state index in [4.69, 9.17) is 9.47 Å². The normalized spacial score (nSPS) is 18.8. The van der Waals surface area contributed by atoms with Crippen LogP contribution in [0, 0.1) is 12.7 Å². The SMILES string of the molecule is COC(=O)C1CC(Oc2ccccc2F)CN1C(=O)CCc1ccccc1C. The zero-order valence-electron chi connectivity index (χ0n) is 16.1. The van der Waals surface area contributed by atoms with Crippen LogP contribution in [0.25, 0.3) is 0 Å². The number of benzene rings is 2. The van der Waals surface area contributed by atoms with E-state index in [1.807, 2.05) is 31.2 Å². The number of nitrogens with zero attached hydrogens (tertiary/aromatic N) is 1. The van der Waals surface area contributed by atoms with Crippen molar-refractivity contribution >= 4 is 11.9 Å². The maximum absolute atomic E-state index is 13.9. The molecule has 28 heavy (non-hydrogen) atoms. The summed E-state index contributed by atoms with van der Waals surface area (Å²) >= 11 is 0. The molecule has 0 saturated carbocycles.